The van der Waals surface area contributed by atoms with Crippen molar-refractivity contribution in [2.45, 2.75) is 13.4 Å². The highest BCUT2D eigenvalue weighted by Gasteiger charge is 2.13. The molecule has 4 N–H and O–H groups in total. The number of carbonyl (C=O) groups excluding carboxylic acids is 1. The normalized spacial score (nSPS) is 12.7. The van der Waals surface area contributed by atoms with Gasteiger partial charge in [-0.1, -0.05) is 12.1 Å². The Bertz CT molecular complexity index is 789. The maximum Gasteiger partial charge on any atom is 0.411 e. The number of nitrogens with one attached hydrogen (secondary N) is 2. The molecule has 2 aromatic rings. The van der Waals surface area contributed by atoms with Crippen LogP contribution < -0.4 is 16.4 Å². The van der Waals surface area contributed by atoms with Gasteiger partial charge in [0.1, 0.15) is 5.82 Å². The second kappa shape index (κ2) is 7.44. The van der Waals surface area contributed by atoms with Crippen molar-refractivity contribution in [2.24, 2.45) is 0 Å². The van der Waals surface area contributed by atoms with E-state index in [2.05, 4.69) is 15.4 Å². The van der Waals surface area contributed by atoms with Crippen LogP contribution in [-0.2, 0) is 11.3 Å². The average Bonchev–Trinajstić information content (AvgIpc) is 2.59. The SMILES string of the molecule is [2H]CC([2H])([2H])OC(=O)Nc1ccc(NCc2ccc(F)cc2)c(F)c1N. The predicted octanol–water partition coefficient (Wildman–Crippen LogP) is 3.73. The van der Waals surface area contributed by atoms with Crippen molar-refractivity contribution in [3.8, 4) is 0 Å². The van der Waals surface area contributed by atoms with Gasteiger partial charge >= 0.3 is 6.09 Å². The van der Waals surface area contributed by atoms with E-state index in [-0.39, 0.29) is 29.4 Å². The molecule has 23 heavy (non-hydrogen) atoms. The molecule has 0 saturated carbocycles. The van der Waals surface area contributed by atoms with Crippen molar-refractivity contribution >= 4 is 23.2 Å². The van der Waals surface area contributed by atoms with Crippen molar-refractivity contribution in [1.82, 2.24) is 0 Å². The molecule has 5 nitrogen and oxygen atoms in total. The molecule has 0 radical (unpaired) electrons. The molecule has 0 fully saturated rings. The summed E-state index contributed by atoms with van der Waals surface area (Å²) in [5, 5.41) is 4.94. The van der Waals surface area contributed by atoms with Gasteiger partial charge in [0.2, 0.25) is 0 Å². The van der Waals surface area contributed by atoms with Gasteiger partial charge in [-0.25, -0.2) is 13.6 Å². The lowest BCUT2D eigenvalue weighted by Crippen LogP contribution is -2.15. The average molecular weight is 324 g/mol. The Morgan fingerprint density at radius 1 is 1.26 bits per heavy atom. The first kappa shape index (κ1) is 12.7. The zero-order valence-corrected chi connectivity index (χ0v) is 12.0. The van der Waals surface area contributed by atoms with Gasteiger partial charge in [0.25, 0.3) is 0 Å². The number of carbonyl (C=O) groups is 1. The van der Waals surface area contributed by atoms with Crippen LogP contribution in [0.3, 0.4) is 0 Å². The highest BCUT2D eigenvalue weighted by Crippen LogP contribution is 2.28. The van der Waals surface area contributed by atoms with E-state index in [0.29, 0.717) is 0 Å². The number of hydrogen-bond donors (Lipinski definition) is 3. The van der Waals surface area contributed by atoms with Crippen molar-refractivity contribution in [1.29, 1.82) is 0 Å². The van der Waals surface area contributed by atoms with Gasteiger partial charge < -0.3 is 15.8 Å². The van der Waals surface area contributed by atoms with Gasteiger partial charge in [0, 0.05) is 7.92 Å². The molecule has 0 heterocycles. The molecule has 0 aromatic heterocycles. The minimum Gasteiger partial charge on any atom is -0.450 e. The van der Waals surface area contributed by atoms with Gasteiger partial charge in [-0.15, -0.1) is 0 Å². The number of anilines is 3. The minimum atomic E-state index is -2.46. The molecular weight excluding hydrogens is 304 g/mol. The fourth-order valence-electron chi connectivity index (χ4n) is 1.84. The molecule has 0 aliphatic heterocycles. The second-order valence-corrected chi connectivity index (χ2v) is 4.53. The Labute approximate surface area is 136 Å². The van der Waals surface area contributed by atoms with Crippen LogP contribution in [-0.4, -0.2) is 12.7 Å². The summed E-state index contributed by atoms with van der Waals surface area (Å²) >= 11 is 0. The Morgan fingerprint density at radius 3 is 2.65 bits per heavy atom. The van der Waals surface area contributed by atoms with E-state index in [1.54, 1.807) is 12.1 Å². The van der Waals surface area contributed by atoms with Crippen molar-refractivity contribution in [3.63, 3.8) is 0 Å². The second-order valence-electron chi connectivity index (χ2n) is 4.53. The van der Waals surface area contributed by atoms with Crippen LogP contribution in [0, 0.1) is 11.6 Å². The number of hydrogen-bond acceptors (Lipinski definition) is 4. The van der Waals surface area contributed by atoms with E-state index in [9.17, 15) is 13.6 Å². The largest absolute Gasteiger partial charge is 0.450 e. The molecule has 2 rings (SSSR count). The fourth-order valence-corrected chi connectivity index (χ4v) is 1.84. The highest BCUT2D eigenvalue weighted by molar-refractivity contribution is 5.90. The summed E-state index contributed by atoms with van der Waals surface area (Å²) in [6, 6.07) is 8.34. The van der Waals surface area contributed by atoms with E-state index in [4.69, 9.17) is 9.85 Å². The number of amides is 1. The Balaban J connectivity index is 2.05. The van der Waals surface area contributed by atoms with E-state index in [1.165, 1.54) is 24.3 Å². The molecule has 0 spiro atoms. The third kappa shape index (κ3) is 4.32. The Morgan fingerprint density at radius 2 is 1.96 bits per heavy atom. The molecule has 0 unspecified atom stereocenters. The minimum absolute atomic E-state index is 0.0761. The number of nitrogen functional groups attached to an aromatic ring is 1. The molecule has 122 valence electrons. The quantitative estimate of drug-likeness (QED) is 0.733. The molecular formula is C16H17F2N3O2. The van der Waals surface area contributed by atoms with Gasteiger partial charge in [0.15, 0.2) is 5.82 Å². The van der Waals surface area contributed by atoms with Gasteiger partial charge in [-0.2, -0.15) is 0 Å². The fraction of sp³-hybridized carbons (Fsp3) is 0.188. The predicted molar refractivity (Wildman–Crippen MR) is 85.2 cm³/mol. The van der Waals surface area contributed by atoms with Gasteiger partial charge in [-0.05, 0) is 36.7 Å². The van der Waals surface area contributed by atoms with E-state index in [0.717, 1.165) is 5.56 Å². The third-order valence-electron chi connectivity index (χ3n) is 2.98. The van der Waals surface area contributed by atoms with E-state index >= 15 is 0 Å². The zero-order chi connectivity index (χ0) is 19.3. The van der Waals surface area contributed by atoms with E-state index < -0.39 is 25.4 Å². The maximum atomic E-state index is 14.3. The summed E-state index contributed by atoms with van der Waals surface area (Å²) in [5.74, 6) is -1.19. The maximum absolute atomic E-state index is 14.3. The van der Waals surface area contributed by atoms with Crippen LogP contribution in [0.2, 0.25) is 0 Å². The molecule has 0 atom stereocenters. The molecule has 7 heteroatoms. The molecule has 0 aliphatic carbocycles. The molecule has 0 bridgehead atoms. The van der Waals surface area contributed by atoms with Crippen molar-refractivity contribution in [3.05, 3.63) is 53.6 Å². The van der Waals surface area contributed by atoms with Gasteiger partial charge in [-0.3, -0.25) is 5.32 Å². The van der Waals surface area contributed by atoms with E-state index in [1.807, 2.05) is 0 Å². The van der Waals surface area contributed by atoms with Crippen LogP contribution in [0.4, 0.5) is 30.6 Å². The first-order chi connectivity index (χ1) is 12.2. The topological polar surface area (TPSA) is 76.4 Å². The molecule has 0 aliphatic rings. The first-order valence-corrected chi connectivity index (χ1v) is 6.57. The summed E-state index contributed by atoms with van der Waals surface area (Å²) in [6.45, 7) is -3.01. The zero-order valence-electron chi connectivity index (χ0n) is 15.0. The number of nitrogens with two attached hydrogens (primary N) is 1. The van der Waals surface area contributed by atoms with Crippen LogP contribution in [0.5, 0.6) is 0 Å². The van der Waals surface area contributed by atoms with Gasteiger partial charge in [0.05, 0.1) is 26.4 Å². The summed E-state index contributed by atoms with van der Waals surface area (Å²) in [5.41, 5.74) is 6.00. The molecule has 0 saturated heterocycles. The lowest BCUT2D eigenvalue weighted by atomic mass is 10.2. The van der Waals surface area contributed by atoms with Crippen molar-refractivity contribution in [2.75, 3.05) is 22.9 Å². The third-order valence-corrected chi connectivity index (χ3v) is 2.98. The Hall–Kier alpha value is -2.83. The summed E-state index contributed by atoms with van der Waals surface area (Å²) in [7, 11) is 0. The van der Waals surface area contributed by atoms with Crippen molar-refractivity contribution < 1.29 is 22.4 Å². The van der Waals surface area contributed by atoms with Crippen LogP contribution in [0.1, 0.15) is 16.6 Å². The highest BCUT2D eigenvalue weighted by atomic mass is 19.1. The molecule has 2 aromatic carbocycles. The number of ether oxygens (including phenoxy) is 1. The lowest BCUT2D eigenvalue weighted by Gasteiger charge is -2.13. The smallest absolute Gasteiger partial charge is 0.411 e. The standard InChI is InChI=1S/C16H17F2N3O2/c1-2-23-16(22)21-13-8-7-12(14(18)15(13)19)20-9-10-3-5-11(17)6-4-10/h3-8,20H,2,9,19H2,1H3,(H,21,22)/i1D,2D2. The van der Waals surface area contributed by atoms with Crippen LogP contribution in [0.25, 0.3) is 0 Å². The summed E-state index contributed by atoms with van der Waals surface area (Å²) in [6.07, 6.45) is -1.19. The number of halogens is 2. The number of benzene rings is 2. The monoisotopic (exact) mass is 324 g/mol. The van der Waals surface area contributed by atoms with Crippen LogP contribution in [0.15, 0.2) is 36.4 Å². The number of rotatable bonds is 5. The molecule has 1 amide bonds. The summed E-state index contributed by atoms with van der Waals surface area (Å²) in [4.78, 5) is 11.6. The first-order valence-electron chi connectivity index (χ1n) is 8.28. The van der Waals surface area contributed by atoms with Crippen LogP contribution >= 0.6 is 0 Å². The summed E-state index contributed by atoms with van der Waals surface area (Å²) < 4.78 is 52.9. The Kier molecular flexibility index (Phi) is 4.10. The lowest BCUT2D eigenvalue weighted by molar-refractivity contribution is 0.168.